The number of halogens is 1. The number of anilines is 1. The minimum absolute atomic E-state index is 0.309. The lowest BCUT2D eigenvalue weighted by molar-refractivity contribution is -0.122. The first-order valence-corrected chi connectivity index (χ1v) is 6.96. The highest BCUT2D eigenvalue weighted by molar-refractivity contribution is 5.95. The molecule has 0 fully saturated rings. The Balaban J connectivity index is 1.69. The standard InChI is InChI=1S/C16H14FN3O3/c1-9(23-12-5-2-10(17)3-6-12)15(21)18-11-4-7-13-14(8-11)20-16(22)19-13/h2-9H,1H3,(H,18,21)(H2,19,20,22)/t9-/m1/s1. The van der Waals surface area contributed by atoms with Crippen molar-refractivity contribution in [1.29, 1.82) is 0 Å². The highest BCUT2D eigenvalue weighted by Gasteiger charge is 2.15. The third-order valence-corrected chi connectivity index (χ3v) is 3.28. The number of carbonyl (C=O) groups excluding carboxylic acids is 1. The molecule has 7 heteroatoms. The molecule has 0 unspecified atom stereocenters. The number of fused-ring (bicyclic) bond motifs is 1. The summed E-state index contributed by atoms with van der Waals surface area (Å²) in [7, 11) is 0. The van der Waals surface area contributed by atoms with Crippen LogP contribution in [0.25, 0.3) is 11.0 Å². The molecule has 0 saturated heterocycles. The lowest BCUT2D eigenvalue weighted by Gasteiger charge is -2.14. The highest BCUT2D eigenvalue weighted by atomic mass is 19.1. The Hall–Kier alpha value is -3.09. The van der Waals surface area contributed by atoms with Crippen molar-refractivity contribution in [1.82, 2.24) is 9.97 Å². The summed E-state index contributed by atoms with van der Waals surface area (Å²) in [6.07, 6.45) is -0.763. The van der Waals surface area contributed by atoms with E-state index in [0.717, 1.165) is 0 Å². The molecule has 0 radical (unpaired) electrons. The third-order valence-electron chi connectivity index (χ3n) is 3.28. The van der Waals surface area contributed by atoms with Gasteiger partial charge in [-0.3, -0.25) is 4.79 Å². The molecule has 1 heterocycles. The topological polar surface area (TPSA) is 87.0 Å². The summed E-state index contributed by atoms with van der Waals surface area (Å²) in [5.74, 6) is -0.325. The van der Waals surface area contributed by atoms with Crippen molar-refractivity contribution in [2.24, 2.45) is 0 Å². The summed E-state index contributed by atoms with van der Waals surface area (Å²) in [5, 5.41) is 2.70. The molecule has 2 aromatic carbocycles. The number of benzene rings is 2. The Morgan fingerprint density at radius 1 is 1.13 bits per heavy atom. The Kier molecular flexibility index (Phi) is 3.84. The first-order valence-electron chi connectivity index (χ1n) is 6.96. The second-order valence-corrected chi connectivity index (χ2v) is 5.04. The van der Waals surface area contributed by atoms with Crippen LogP contribution in [0, 0.1) is 5.82 Å². The maximum absolute atomic E-state index is 12.8. The molecule has 0 saturated carbocycles. The normalized spacial score (nSPS) is 12.1. The largest absolute Gasteiger partial charge is 0.481 e. The van der Waals surface area contributed by atoms with Crippen molar-refractivity contribution in [2.75, 3.05) is 5.32 Å². The van der Waals surface area contributed by atoms with E-state index in [4.69, 9.17) is 4.74 Å². The lowest BCUT2D eigenvalue weighted by atomic mass is 10.2. The smallest absolute Gasteiger partial charge is 0.323 e. The van der Waals surface area contributed by atoms with Gasteiger partial charge in [0.2, 0.25) is 0 Å². The fraction of sp³-hybridized carbons (Fsp3) is 0.125. The van der Waals surface area contributed by atoms with Crippen LogP contribution in [0.1, 0.15) is 6.92 Å². The molecule has 3 aromatic rings. The van der Waals surface area contributed by atoms with Crippen LogP contribution in [-0.2, 0) is 4.79 Å². The number of amides is 1. The van der Waals surface area contributed by atoms with Gasteiger partial charge in [-0.25, -0.2) is 9.18 Å². The summed E-state index contributed by atoms with van der Waals surface area (Å²) in [4.78, 5) is 28.6. The van der Waals surface area contributed by atoms with Crippen molar-refractivity contribution in [3.05, 3.63) is 58.8 Å². The van der Waals surface area contributed by atoms with E-state index in [1.165, 1.54) is 24.3 Å². The quantitative estimate of drug-likeness (QED) is 0.691. The summed E-state index contributed by atoms with van der Waals surface area (Å²) in [5.41, 5.74) is 1.48. The number of H-pyrrole nitrogens is 2. The molecule has 0 aliphatic rings. The van der Waals surface area contributed by atoms with Crippen LogP contribution < -0.4 is 15.7 Å². The Labute approximate surface area is 130 Å². The number of rotatable bonds is 4. The van der Waals surface area contributed by atoms with Gasteiger partial charge >= 0.3 is 5.69 Å². The van der Waals surface area contributed by atoms with Gasteiger partial charge in [0.1, 0.15) is 11.6 Å². The molecular weight excluding hydrogens is 301 g/mol. The van der Waals surface area contributed by atoms with Crippen molar-refractivity contribution in [3.8, 4) is 5.75 Å². The molecule has 0 aliphatic carbocycles. The predicted octanol–water partition coefficient (Wildman–Crippen LogP) is 2.40. The van der Waals surface area contributed by atoms with E-state index >= 15 is 0 Å². The van der Waals surface area contributed by atoms with Crippen molar-refractivity contribution < 1.29 is 13.9 Å². The first kappa shape index (κ1) is 14.8. The van der Waals surface area contributed by atoms with E-state index in [9.17, 15) is 14.0 Å². The molecule has 0 bridgehead atoms. The zero-order valence-corrected chi connectivity index (χ0v) is 12.2. The van der Waals surface area contributed by atoms with Crippen LogP contribution in [0.15, 0.2) is 47.3 Å². The zero-order valence-electron chi connectivity index (χ0n) is 12.2. The van der Waals surface area contributed by atoms with Crippen molar-refractivity contribution in [2.45, 2.75) is 13.0 Å². The summed E-state index contributed by atoms with van der Waals surface area (Å²) in [6, 6.07) is 10.4. The van der Waals surface area contributed by atoms with Gasteiger partial charge in [0.05, 0.1) is 11.0 Å². The number of aromatic nitrogens is 2. The van der Waals surface area contributed by atoms with E-state index in [0.29, 0.717) is 22.5 Å². The van der Waals surface area contributed by atoms with Gasteiger partial charge in [-0.2, -0.15) is 0 Å². The minimum Gasteiger partial charge on any atom is -0.481 e. The SMILES string of the molecule is C[C@@H](Oc1ccc(F)cc1)C(=O)Nc1ccc2[nH]c(=O)[nH]c2c1. The molecule has 6 nitrogen and oxygen atoms in total. The molecule has 0 spiro atoms. The maximum atomic E-state index is 12.8. The molecule has 118 valence electrons. The number of imidazole rings is 1. The van der Waals surface area contributed by atoms with Crippen molar-refractivity contribution >= 4 is 22.6 Å². The summed E-state index contributed by atoms with van der Waals surface area (Å²) < 4.78 is 18.3. The molecular formula is C16H14FN3O3. The van der Waals surface area contributed by atoms with Crippen LogP contribution in [0.2, 0.25) is 0 Å². The lowest BCUT2D eigenvalue weighted by Crippen LogP contribution is -2.30. The fourth-order valence-corrected chi connectivity index (χ4v) is 2.13. The molecule has 1 aromatic heterocycles. The fourth-order valence-electron chi connectivity index (χ4n) is 2.13. The second kappa shape index (κ2) is 5.96. The zero-order chi connectivity index (χ0) is 16.4. The number of ether oxygens (including phenoxy) is 1. The molecule has 3 rings (SSSR count). The average Bonchev–Trinajstić information content (AvgIpc) is 2.88. The monoisotopic (exact) mass is 315 g/mol. The van der Waals surface area contributed by atoms with Crippen molar-refractivity contribution in [3.63, 3.8) is 0 Å². The van der Waals surface area contributed by atoms with E-state index in [1.54, 1.807) is 25.1 Å². The number of aromatic amines is 2. The van der Waals surface area contributed by atoms with Gasteiger partial charge in [-0.1, -0.05) is 0 Å². The Morgan fingerprint density at radius 3 is 2.57 bits per heavy atom. The third kappa shape index (κ3) is 3.39. The number of hydrogen-bond acceptors (Lipinski definition) is 3. The Bertz CT molecular complexity index is 899. The van der Waals surface area contributed by atoms with E-state index in [1.807, 2.05) is 0 Å². The van der Waals surface area contributed by atoms with E-state index < -0.39 is 6.10 Å². The van der Waals surface area contributed by atoms with Crippen LogP contribution in [0.5, 0.6) is 5.75 Å². The van der Waals surface area contributed by atoms with Gasteiger partial charge in [-0.15, -0.1) is 0 Å². The van der Waals surface area contributed by atoms with Gasteiger partial charge in [0.25, 0.3) is 5.91 Å². The Morgan fingerprint density at radius 2 is 1.83 bits per heavy atom. The van der Waals surface area contributed by atoms with E-state index in [-0.39, 0.29) is 17.4 Å². The molecule has 1 amide bonds. The van der Waals surface area contributed by atoms with Gasteiger partial charge in [-0.05, 0) is 49.4 Å². The number of nitrogens with one attached hydrogen (secondary N) is 3. The maximum Gasteiger partial charge on any atom is 0.323 e. The first-order chi connectivity index (χ1) is 11.0. The van der Waals surface area contributed by atoms with Gasteiger partial charge in [0.15, 0.2) is 6.10 Å². The van der Waals surface area contributed by atoms with Gasteiger partial charge < -0.3 is 20.0 Å². The van der Waals surface area contributed by atoms with Crippen LogP contribution in [0.3, 0.4) is 0 Å². The molecule has 23 heavy (non-hydrogen) atoms. The molecule has 3 N–H and O–H groups in total. The summed E-state index contributed by atoms with van der Waals surface area (Å²) in [6.45, 7) is 1.59. The average molecular weight is 315 g/mol. The van der Waals surface area contributed by atoms with E-state index in [2.05, 4.69) is 15.3 Å². The molecule has 1 atom stereocenters. The van der Waals surface area contributed by atoms with Crippen LogP contribution in [-0.4, -0.2) is 22.0 Å². The predicted molar refractivity (Wildman–Crippen MR) is 84.0 cm³/mol. The number of hydrogen-bond donors (Lipinski definition) is 3. The van der Waals surface area contributed by atoms with Crippen LogP contribution >= 0.6 is 0 Å². The number of carbonyl (C=O) groups is 1. The second-order valence-electron chi connectivity index (χ2n) is 5.04. The van der Waals surface area contributed by atoms with Crippen LogP contribution in [0.4, 0.5) is 10.1 Å². The minimum atomic E-state index is -0.763. The molecule has 0 aliphatic heterocycles. The van der Waals surface area contributed by atoms with Gasteiger partial charge in [0, 0.05) is 5.69 Å². The summed E-state index contributed by atoms with van der Waals surface area (Å²) >= 11 is 0. The highest BCUT2D eigenvalue weighted by Crippen LogP contribution is 2.16.